The molecule has 1 aromatic heterocycles. The molecule has 0 spiro atoms. The minimum absolute atomic E-state index is 0.102. The maximum Gasteiger partial charge on any atom is 0.317 e. The Bertz CT molecular complexity index is 704. The van der Waals surface area contributed by atoms with Gasteiger partial charge in [-0.25, -0.2) is 4.79 Å². The van der Waals surface area contributed by atoms with Gasteiger partial charge < -0.3 is 19.7 Å². The SMILES string of the molecule is CCN(Cc1ccc(Cl)s1)C(=O)NCc1ccc2c(c1)OCO2. The average molecular weight is 353 g/mol. The van der Waals surface area contributed by atoms with Crippen LogP contribution in [0.2, 0.25) is 4.34 Å². The molecule has 122 valence electrons. The summed E-state index contributed by atoms with van der Waals surface area (Å²) in [4.78, 5) is 15.1. The predicted molar refractivity (Wildman–Crippen MR) is 90.2 cm³/mol. The number of rotatable bonds is 5. The first-order chi connectivity index (χ1) is 11.2. The van der Waals surface area contributed by atoms with Crippen LogP contribution in [0.25, 0.3) is 0 Å². The van der Waals surface area contributed by atoms with Crippen molar-refractivity contribution in [3.63, 3.8) is 0 Å². The predicted octanol–water partition coefficient (Wildman–Crippen LogP) is 3.86. The standard InChI is InChI=1S/C16H17ClN2O3S/c1-2-19(9-12-4-6-15(17)23-12)16(20)18-8-11-3-5-13-14(7-11)22-10-21-13/h3-7H,2,8-10H2,1H3,(H,18,20). The van der Waals surface area contributed by atoms with Crippen LogP contribution in [0.4, 0.5) is 4.79 Å². The van der Waals surface area contributed by atoms with Gasteiger partial charge in [0.05, 0.1) is 10.9 Å². The number of hydrogen-bond acceptors (Lipinski definition) is 4. The summed E-state index contributed by atoms with van der Waals surface area (Å²) in [5.41, 5.74) is 0.970. The van der Waals surface area contributed by atoms with Crippen LogP contribution in [0.5, 0.6) is 11.5 Å². The van der Waals surface area contributed by atoms with E-state index in [4.69, 9.17) is 21.1 Å². The van der Waals surface area contributed by atoms with Crippen molar-refractivity contribution in [2.24, 2.45) is 0 Å². The highest BCUT2D eigenvalue weighted by Crippen LogP contribution is 2.32. The number of nitrogens with one attached hydrogen (secondary N) is 1. The molecule has 23 heavy (non-hydrogen) atoms. The lowest BCUT2D eigenvalue weighted by Crippen LogP contribution is -2.38. The van der Waals surface area contributed by atoms with E-state index in [1.165, 1.54) is 11.3 Å². The van der Waals surface area contributed by atoms with Gasteiger partial charge >= 0.3 is 6.03 Å². The molecule has 2 amide bonds. The van der Waals surface area contributed by atoms with Crippen LogP contribution in [0.15, 0.2) is 30.3 Å². The second-order valence-electron chi connectivity index (χ2n) is 5.07. The molecule has 1 aromatic carbocycles. The van der Waals surface area contributed by atoms with E-state index < -0.39 is 0 Å². The number of fused-ring (bicyclic) bond motifs is 1. The Balaban J connectivity index is 1.57. The van der Waals surface area contributed by atoms with Crippen LogP contribution >= 0.6 is 22.9 Å². The molecule has 0 saturated carbocycles. The van der Waals surface area contributed by atoms with Gasteiger partial charge in [0.2, 0.25) is 6.79 Å². The van der Waals surface area contributed by atoms with Gasteiger partial charge in [-0.05, 0) is 36.8 Å². The highest BCUT2D eigenvalue weighted by Gasteiger charge is 2.15. The number of urea groups is 1. The average Bonchev–Trinajstić information content (AvgIpc) is 3.18. The molecule has 0 atom stereocenters. The van der Waals surface area contributed by atoms with E-state index in [1.807, 2.05) is 37.3 Å². The van der Waals surface area contributed by atoms with Crippen LogP contribution in [-0.2, 0) is 13.1 Å². The normalized spacial score (nSPS) is 12.3. The van der Waals surface area contributed by atoms with E-state index >= 15 is 0 Å². The second-order valence-corrected chi connectivity index (χ2v) is 6.87. The third-order valence-corrected chi connectivity index (χ3v) is 4.74. The van der Waals surface area contributed by atoms with Gasteiger partial charge in [-0.3, -0.25) is 0 Å². The molecule has 2 heterocycles. The number of ether oxygens (including phenoxy) is 2. The Hall–Kier alpha value is -1.92. The zero-order valence-electron chi connectivity index (χ0n) is 12.7. The first kappa shape index (κ1) is 16.0. The lowest BCUT2D eigenvalue weighted by Gasteiger charge is -2.20. The summed E-state index contributed by atoms with van der Waals surface area (Å²) in [7, 11) is 0. The van der Waals surface area contributed by atoms with E-state index in [1.54, 1.807) is 4.90 Å². The Kier molecular flexibility index (Phi) is 4.93. The van der Waals surface area contributed by atoms with Crippen molar-refractivity contribution in [2.45, 2.75) is 20.0 Å². The van der Waals surface area contributed by atoms with E-state index in [2.05, 4.69) is 5.32 Å². The number of carbonyl (C=O) groups excluding carboxylic acids is 1. The van der Waals surface area contributed by atoms with Crippen molar-refractivity contribution in [1.82, 2.24) is 10.2 Å². The van der Waals surface area contributed by atoms with E-state index in [9.17, 15) is 4.79 Å². The summed E-state index contributed by atoms with van der Waals surface area (Å²) in [6.07, 6.45) is 0. The quantitative estimate of drug-likeness (QED) is 0.888. The molecule has 1 N–H and O–H groups in total. The third-order valence-electron chi connectivity index (χ3n) is 3.53. The van der Waals surface area contributed by atoms with Crippen LogP contribution in [0, 0.1) is 0 Å². The van der Waals surface area contributed by atoms with E-state index in [0.717, 1.165) is 26.3 Å². The summed E-state index contributed by atoms with van der Waals surface area (Å²) >= 11 is 7.42. The van der Waals surface area contributed by atoms with Crippen LogP contribution < -0.4 is 14.8 Å². The molecule has 2 aromatic rings. The largest absolute Gasteiger partial charge is 0.454 e. The number of carbonyl (C=O) groups is 1. The maximum atomic E-state index is 12.3. The summed E-state index contributed by atoms with van der Waals surface area (Å²) in [5.74, 6) is 1.46. The molecule has 0 radical (unpaired) electrons. The van der Waals surface area contributed by atoms with Gasteiger partial charge in [-0.1, -0.05) is 17.7 Å². The van der Waals surface area contributed by atoms with Crippen molar-refractivity contribution in [3.05, 3.63) is 45.1 Å². The zero-order chi connectivity index (χ0) is 16.2. The van der Waals surface area contributed by atoms with Crippen molar-refractivity contribution in [2.75, 3.05) is 13.3 Å². The number of amides is 2. The summed E-state index contributed by atoms with van der Waals surface area (Å²) in [6, 6.07) is 9.35. The fourth-order valence-corrected chi connectivity index (χ4v) is 3.40. The molecule has 0 bridgehead atoms. The van der Waals surface area contributed by atoms with Gasteiger partial charge in [0.25, 0.3) is 0 Å². The third kappa shape index (κ3) is 3.89. The Morgan fingerprint density at radius 3 is 2.87 bits per heavy atom. The lowest BCUT2D eigenvalue weighted by atomic mass is 10.2. The molecule has 3 rings (SSSR count). The molecule has 1 aliphatic rings. The molecule has 5 nitrogen and oxygen atoms in total. The van der Waals surface area contributed by atoms with Crippen molar-refractivity contribution < 1.29 is 14.3 Å². The highest BCUT2D eigenvalue weighted by atomic mass is 35.5. The Morgan fingerprint density at radius 1 is 1.30 bits per heavy atom. The first-order valence-corrected chi connectivity index (χ1v) is 8.50. The van der Waals surface area contributed by atoms with Gasteiger partial charge in [-0.15, -0.1) is 11.3 Å². The highest BCUT2D eigenvalue weighted by molar-refractivity contribution is 7.16. The lowest BCUT2D eigenvalue weighted by molar-refractivity contribution is 0.174. The summed E-state index contributed by atoms with van der Waals surface area (Å²) in [5, 5.41) is 2.93. The topological polar surface area (TPSA) is 50.8 Å². The Morgan fingerprint density at radius 2 is 2.13 bits per heavy atom. The summed E-state index contributed by atoms with van der Waals surface area (Å²) in [6.45, 7) is 3.83. The zero-order valence-corrected chi connectivity index (χ0v) is 14.2. The number of thiophene rings is 1. The Labute approximate surface area is 143 Å². The fraction of sp³-hybridized carbons (Fsp3) is 0.312. The number of hydrogen-bond donors (Lipinski definition) is 1. The molecule has 0 fully saturated rings. The molecule has 7 heteroatoms. The first-order valence-electron chi connectivity index (χ1n) is 7.31. The number of nitrogens with zero attached hydrogens (tertiary/aromatic N) is 1. The van der Waals surface area contributed by atoms with Gasteiger partial charge in [-0.2, -0.15) is 0 Å². The van der Waals surface area contributed by atoms with E-state index in [0.29, 0.717) is 19.6 Å². The van der Waals surface area contributed by atoms with E-state index in [-0.39, 0.29) is 12.8 Å². The molecule has 0 saturated heterocycles. The number of halogens is 1. The van der Waals surface area contributed by atoms with Crippen LogP contribution in [-0.4, -0.2) is 24.3 Å². The second kappa shape index (κ2) is 7.10. The van der Waals surface area contributed by atoms with Gasteiger partial charge in [0, 0.05) is 18.0 Å². The van der Waals surface area contributed by atoms with Gasteiger partial charge in [0.15, 0.2) is 11.5 Å². The van der Waals surface area contributed by atoms with Crippen LogP contribution in [0.1, 0.15) is 17.4 Å². The monoisotopic (exact) mass is 352 g/mol. The molecular formula is C16H17ClN2O3S. The minimum atomic E-state index is -0.102. The molecule has 1 aliphatic heterocycles. The summed E-state index contributed by atoms with van der Waals surface area (Å²) < 4.78 is 11.3. The molecule has 0 aliphatic carbocycles. The van der Waals surface area contributed by atoms with Crippen molar-refractivity contribution >= 4 is 29.0 Å². The molecular weight excluding hydrogens is 336 g/mol. The fourth-order valence-electron chi connectivity index (χ4n) is 2.29. The molecule has 0 unspecified atom stereocenters. The van der Waals surface area contributed by atoms with Gasteiger partial charge in [0.1, 0.15) is 0 Å². The maximum absolute atomic E-state index is 12.3. The minimum Gasteiger partial charge on any atom is -0.454 e. The van der Waals surface area contributed by atoms with Crippen LogP contribution in [0.3, 0.4) is 0 Å². The number of benzene rings is 1. The van der Waals surface area contributed by atoms with Crippen molar-refractivity contribution in [1.29, 1.82) is 0 Å². The smallest absolute Gasteiger partial charge is 0.317 e. The van der Waals surface area contributed by atoms with Crippen molar-refractivity contribution in [3.8, 4) is 11.5 Å².